The molecule has 0 fully saturated rings. The SMILES string of the molecule is CCCc1nc(NC)c(C)c(Oc2ccc(F)c(F)c2)n1. The molecule has 0 aliphatic rings. The predicted octanol–water partition coefficient (Wildman–Crippen LogP) is 3.85. The maximum Gasteiger partial charge on any atom is 0.227 e. The van der Waals surface area contributed by atoms with Gasteiger partial charge in [0, 0.05) is 19.5 Å². The molecule has 1 N–H and O–H groups in total. The van der Waals surface area contributed by atoms with Crippen molar-refractivity contribution in [1.82, 2.24) is 9.97 Å². The van der Waals surface area contributed by atoms with E-state index in [0.29, 0.717) is 29.5 Å². The quantitative estimate of drug-likeness (QED) is 0.909. The van der Waals surface area contributed by atoms with E-state index in [1.807, 2.05) is 6.92 Å². The minimum absolute atomic E-state index is 0.195. The van der Waals surface area contributed by atoms with Gasteiger partial charge in [-0.25, -0.2) is 13.8 Å². The second-order valence-corrected chi connectivity index (χ2v) is 4.60. The third kappa shape index (κ3) is 3.45. The van der Waals surface area contributed by atoms with Gasteiger partial charge < -0.3 is 10.1 Å². The maximum absolute atomic E-state index is 13.2. The van der Waals surface area contributed by atoms with Gasteiger partial charge >= 0.3 is 0 Å². The van der Waals surface area contributed by atoms with Crippen molar-refractivity contribution in [2.75, 3.05) is 12.4 Å². The summed E-state index contributed by atoms with van der Waals surface area (Å²) in [7, 11) is 1.76. The number of hydrogen-bond acceptors (Lipinski definition) is 4. The Morgan fingerprint density at radius 3 is 2.57 bits per heavy atom. The van der Waals surface area contributed by atoms with Crippen LogP contribution in [0.2, 0.25) is 0 Å². The van der Waals surface area contributed by atoms with Gasteiger partial charge in [-0.05, 0) is 25.5 Å². The summed E-state index contributed by atoms with van der Waals surface area (Å²) in [6.07, 6.45) is 1.61. The first kappa shape index (κ1) is 15.2. The van der Waals surface area contributed by atoms with Crippen molar-refractivity contribution in [3.05, 3.63) is 41.2 Å². The van der Waals surface area contributed by atoms with Crippen molar-refractivity contribution in [1.29, 1.82) is 0 Å². The van der Waals surface area contributed by atoms with Gasteiger partial charge in [-0.15, -0.1) is 0 Å². The second-order valence-electron chi connectivity index (χ2n) is 4.60. The largest absolute Gasteiger partial charge is 0.438 e. The van der Waals surface area contributed by atoms with E-state index in [1.165, 1.54) is 6.07 Å². The molecule has 6 heteroatoms. The molecule has 21 heavy (non-hydrogen) atoms. The van der Waals surface area contributed by atoms with E-state index in [1.54, 1.807) is 14.0 Å². The lowest BCUT2D eigenvalue weighted by molar-refractivity contribution is 0.441. The first-order valence-electron chi connectivity index (χ1n) is 6.73. The Kier molecular flexibility index (Phi) is 4.67. The number of nitrogens with zero attached hydrogens (tertiary/aromatic N) is 2. The topological polar surface area (TPSA) is 47.0 Å². The standard InChI is InChI=1S/C15H17F2N3O/c1-4-5-13-19-14(18-3)9(2)15(20-13)21-10-6-7-11(16)12(17)8-10/h6-8H,4-5H2,1-3H3,(H,18,19,20). The molecule has 0 atom stereocenters. The fourth-order valence-corrected chi connectivity index (χ4v) is 1.87. The highest BCUT2D eigenvalue weighted by atomic mass is 19.2. The van der Waals surface area contributed by atoms with Gasteiger partial charge in [0.05, 0.1) is 5.56 Å². The molecule has 0 radical (unpaired) electrons. The number of ether oxygens (including phenoxy) is 1. The molecule has 0 bridgehead atoms. The van der Waals surface area contributed by atoms with Gasteiger partial charge in [-0.3, -0.25) is 0 Å². The van der Waals surface area contributed by atoms with E-state index in [2.05, 4.69) is 15.3 Å². The molecule has 0 amide bonds. The normalized spacial score (nSPS) is 10.5. The lowest BCUT2D eigenvalue weighted by atomic mass is 10.2. The average molecular weight is 293 g/mol. The Balaban J connectivity index is 2.37. The molecule has 1 aromatic heterocycles. The van der Waals surface area contributed by atoms with Crippen LogP contribution in [-0.2, 0) is 6.42 Å². The summed E-state index contributed by atoms with van der Waals surface area (Å²) in [6.45, 7) is 3.83. The molecule has 0 aliphatic carbocycles. The van der Waals surface area contributed by atoms with Crippen molar-refractivity contribution in [2.24, 2.45) is 0 Å². The van der Waals surface area contributed by atoms with Crippen LogP contribution in [0.15, 0.2) is 18.2 Å². The highest BCUT2D eigenvalue weighted by Gasteiger charge is 2.13. The molecule has 112 valence electrons. The molecule has 1 heterocycles. The van der Waals surface area contributed by atoms with Gasteiger partial charge in [0.2, 0.25) is 5.88 Å². The summed E-state index contributed by atoms with van der Waals surface area (Å²) in [5, 5.41) is 2.98. The maximum atomic E-state index is 13.2. The van der Waals surface area contributed by atoms with Crippen LogP contribution >= 0.6 is 0 Å². The summed E-state index contributed by atoms with van der Waals surface area (Å²) in [6, 6.07) is 3.38. The van der Waals surface area contributed by atoms with Crippen molar-refractivity contribution in [3.63, 3.8) is 0 Å². The molecular weight excluding hydrogens is 276 g/mol. The van der Waals surface area contributed by atoms with Crippen LogP contribution in [0.5, 0.6) is 11.6 Å². The van der Waals surface area contributed by atoms with Gasteiger partial charge in [-0.2, -0.15) is 4.98 Å². The number of hydrogen-bond donors (Lipinski definition) is 1. The van der Waals surface area contributed by atoms with Crippen molar-refractivity contribution in [2.45, 2.75) is 26.7 Å². The molecule has 0 aliphatic heterocycles. The minimum atomic E-state index is -0.957. The first-order chi connectivity index (χ1) is 10.0. The summed E-state index contributed by atoms with van der Waals surface area (Å²) >= 11 is 0. The third-order valence-electron chi connectivity index (χ3n) is 2.96. The number of aryl methyl sites for hydroxylation is 1. The van der Waals surface area contributed by atoms with E-state index < -0.39 is 11.6 Å². The molecule has 0 saturated heterocycles. The van der Waals surface area contributed by atoms with Crippen molar-refractivity contribution >= 4 is 5.82 Å². The molecule has 0 spiro atoms. The predicted molar refractivity (Wildman–Crippen MR) is 76.7 cm³/mol. The molecule has 0 saturated carbocycles. The lowest BCUT2D eigenvalue weighted by Crippen LogP contribution is -2.05. The number of nitrogens with one attached hydrogen (secondary N) is 1. The Hall–Kier alpha value is -2.24. The summed E-state index contributed by atoms with van der Waals surface area (Å²) < 4.78 is 31.7. The first-order valence-corrected chi connectivity index (χ1v) is 6.73. The second kappa shape index (κ2) is 6.47. The van der Waals surface area contributed by atoms with E-state index in [9.17, 15) is 8.78 Å². The van der Waals surface area contributed by atoms with Crippen LogP contribution < -0.4 is 10.1 Å². The highest BCUT2D eigenvalue weighted by Crippen LogP contribution is 2.28. The molecule has 2 aromatic rings. The number of benzene rings is 1. The Labute approximate surface area is 122 Å². The molecular formula is C15H17F2N3O. The number of aromatic nitrogens is 2. The van der Waals surface area contributed by atoms with Gasteiger partial charge in [0.1, 0.15) is 17.4 Å². The molecule has 0 unspecified atom stereocenters. The van der Waals surface area contributed by atoms with Gasteiger partial charge in [0.15, 0.2) is 11.6 Å². The van der Waals surface area contributed by atoms with Crippen molar-refractivity contribution in [3.8, 4) is 11.6 Å². The summed E-state index contributed by atoms with van der Waals surface area (Å²) in [5.74, 6) is -0.0359. The highest BCUT2D eigenvalue weighted by molar-refractivity contribution is 5.49. The van der Waals surface area contributed by atoms with Crippen LogP contribution in [-0.4, -0.2) is 17.0 Å². The number of anilines is 1. The lowest BCUT2D eigenvalue weighted by Gasteiger charge is -2.12. The fraction of sp³-hybridized carbons (Fsp3) is 0.333. The minimum Gasteiger partial charge on any atom is -0.438 e. The van der Waals surface area contributed by atoms with Gasteiger partial charge in [0.25, 0.3) is 0 Å². The molecule has 1 aromatic carbocycles. The monoisotopic (exact) mass is 293 g/mol. The van der Waals surface area contributed by atoms with Crippen LogP contribution in [0.1, 0.15) is 24.7 Å². The number of rotatable bonds is 5. The Bertz CT molecular complexity index is 647. The zero-order valence-electron chi connectivity index (χ0n) is 12.2. The van der Waals surface area contributed by atoms with Crippen molar-refractivity contribution < 1.29 is 13.5 Å². The van der Waals surface area contributed by atoms with E-state index in [0.717, 1.165) is 18.6 Å². The van der Waals surface area contributed by atoms with Crippen LogP contribution in [0.4, 0.5) is 14.6 Å². The Morgan fingerprint density at radius 1 is 1.19 bits per heavy atom. The van der Waals surface area contributed by atoms with Crippen LogP contribution in [0.3, 0.4) is 0 Å². The summed E-state index contributed by atoms with van der Waals surface area (Å²) in [4.78, 5) is 8.71. The van der Waals surface area contributed by atoms with E-state index in [-0.39, 0.29) is 5.75 Å². The number of halogens is 2. The third-order valence-corrected chi connectivity index (χ3v) is 2.96. The average Bonchev–Trinajstić information content (AvgIpc) is 2.46. The van der Waals surface area contributed by atoms with E-state index >= 15 is 0 Å². The zero-order valence-corrected chi connectivity index (χ0v) is 12.2. The van der Waals surface area contributed by atoms with E-state index in [4.69, 9.17) is 4.74 Å². The summed E-state index contributed by atoms with van der Waals surface area (Å²) in [5.41, 5.74) is 0.710. The van der Waals surface area contributed by atoms with Crippen LogP contribution in [0, 0.1) is 18.6 Å². The fourth-order valence-electron chi connectivity index (χ4n) is 1.87. The van der Waals surface area contributed by atoms with Crippen LogP contribution in [0.25, 0.3) is 0 Å². The molecule has 4 nitrogen and oxygen atoms in total. The Morgan fingerprint density at radius 2 is 1.95 bits per heavy atom. The zero-order chi connectivity index (χ0) is 15.4. The molecule has 2 rings (SSSR count). The van der Waals surface area contributed by atoms with Gasteiger partial charge in [-0.1, -0.05) is 6.92 Å². The smallest absolute Gasteiger partial charge is 0.227 e.